The normalized spacial score (nSPS) is 10.8. The highest BCUT2D eigenvalue weighted by molar-refractivity contribution is 5.89. The van der Waals surface area contributed by atoms with Crippen molar-refractivity contribution in [2.24, 2.45) is 0 Å². The summed E-state index contributed by atoms with van der Waals surface area (Å²) < 4.78 is 33.7. The van der Waals surface area contributed by atoms with Crippen LogP contribution in [0, 0.1) is 0 Å². The van der Waals surface area contributed by atoms with E-state index in [1.54, 1.807) is 0 Å². The van der Waals surface area contributed by atoms with Crippen LogP contribution in [0.3, 0.4) is 0 Å². The number of halogens is 2. The summed E-state index contributed by atoms with van der Waals surface area (Å²) in [7, 11) is 0. The van der Waals surface area contributed by atoms with Gasteiger partial charge in [0.15, 0.2) is 0 Å². The smallest absolute Gasteiger partial charge is 0.376 e. The van der Waals surface area contributed by atoms with Crippen molar-refractivity contribution in [3.8, 4) is 0 Å². The Hall–Kier alpha value is -2.05. The SMILES string of the molecule is CC(F)(F)C(=O)OCCOC(=O)c1ccncc1. The van der Waals surface area contributed by atoms with Gasteiger partial charge in [0.25, 0.3) is 0 Å². The molecule has 0 radical (unpaired) electrons. The minimum absolute atomic E-state index is 0.275. The van der Waals surface area contributed by atoms with E-state index in [1.165, 1.54) is 24.5 Å². The molecule has 18 heavy (non-hydrogen) atoms. The molecule has 1 heterocycles. The molecule has 0 N–H and O–H groups in total. The Morgan fingerprint density at radius 1 is 1.22 bits per heavy atom. The first-order valence-electron chi connectivity index (χ1n) is 5.03. The van der Waals surface area contributed by atoms with Crippen LogP contribution in [-0.4, -0.2) is 36.1 Å². The van der Waals surface area contributed by atoms with E-state index in [1.807, 2.05) is 0 Å². The second-order valence-corrected chi connectivity index (χ2v) is 3.40. The van der Waals surface area contributed by atoms with Gasteiger partial charge in [0, 0.05) is 19.3 Å². The van der Waals surface area contributed by atoms with E-state index in [4.69, 9.17) is 4.74 Å². The number of ether oxygens (including phenoxy) is 2. The van der Waals surface area contributed by atoms with Crippen LogP contribution in [0.25, 0.3) is 0 Å². The van der Waals surface area contributed by atoms with E-state index >= 15 is 0 Å². The fraction of sp³-hybridized carbons (Fsp3) is 0.364. The molecule has 1 aromatic rings. The van der Waals surface area contributed by atoms with Crippen molar-refractivity contribution in [1.82, 2.24) is 4.98 Å². The molecule has 1 rings (SSSR count). The summed E-state index contributed by atoms with van der Waals surface area (Å²) >= 11 is 0. The molecule has 0 spiro atoms. The zero-order valence-corrected chi connectivity index (χ0v) is 9.56. The quantitative estimate of drug-likeness (QED) is 0.591. The van der Waals surface area contributed by atoms with Gasteiger partial charge in [-0.2, -0.15) is 8.78 Å². The number of nitrogens with zero attached hydrogens (tertiary/aromatic N) is 1. The van der Waals surface area contributed by atoms with Crippen LogP contribution in [-0.2, 0) is 14.3 Å². The number of rotatable bonds is 5. The van der Waals surface area contributed by atoms with Crippen molar-refractivity contribution in [1.29, 1.82) is 0 Å². The number of aromatic nitrogens is 1. The van der Waals surface area contributed by atoms with Gasteiger partial charge in [0.05, 0.1) is 5.56 Å². The summed E-state index contributed by atoms with van der Waals surface area (Å²) in [5.41, 5.74) is 0.275. The summed E-state index contributed by atoms with van der Waals surface area (Å²) in [5.74, 6) is -5.84. The minimum atomic E-state index is -3.55. The number of hydrogen-bond donors (Lipinski definition) is 0. The van der Waals surface area contributed by atoms with Gasteiger partial charge in [0.1, 0.15) is 13.2 Å². The van der Waals surface area contributed by atoms with Gasteiger partial charge < -0.3 is 9.47 Å². The third-order valence-electron chi connectivity index (χ3n) is 1.82. The molecule has 0 atom stereocenters. The first-order valence-corrected chi connectivity index (χ1v) is 5.03. The molecular weight excluding hydrogens is 248 g/mol. The number of carbonyl (C=O) groups excluding carboxylic acids is 2. The molecule has 0 aliphatic heterocycles. The van der Waals surface area contributed by atoms with Crippen LogP contribution in [0.2, 0.25) is 0 Å². The molecule has 0 aliphatic rings. The molecule has 1 aromatic heterocycles. The van der Waals surface area contributed by atoms with Crippen molar-refractivity contribution in [3.63, 3.8) is 0 Å². The lowest BCUT2D eigenvalue weighted by Crippen LogP contribution is -2.28. The molecule has 0 saturated carbocycles. The topological polar surface area (TPSA) is 65.5 Å². The molecule has 7 heteroatoms. The zero-order valence-electron chi connectivity index (χ0n) is 9.56. The van der Waals surface area contributed by atoms with Crippen molar-refractivity contribution in [2.45, 2.75) is 12.8 Å². The molecule has 0 unspecified atom stereocenters. The number of esters is 2. The molecule has 98 valence electrons. The summed E-state index contributed by atoms with van der Waals surface area (Å²) in [5, 5.41) is 0. The summed E-state index contributed by atoms with van der Waals surface area (Å²) in [6, 6.07) is 2.88. The van der Waals surface area contributed by atoms with E-state index in [-0.39, 0.29) is 12.2 Å². The van der Waals surface area contributed by atoms with Gasteiger partial charge >= 0.3 is 17.9 Å². The number of hydrogen-bond acceptors (Lipinski definition) is 5. The van der Waals surface area contributed by atoms with Crippen molar-refractivity contribution in [2.75, 3.05) is 13.2 Å². The predicted octanol–water partition coefficient (Wildman–Crippen LogP) is 1.44. The second-order valence-electron chi connectivity index (χ2n) is 3.40. The maximum Gasteiger partial charge on any atom is 0.376 e. The highest BCUT2D eigenvalue weighted by atomic mass is 19.3. The van der Waals surface area contributed by atoms with E-state index in [0.29, 0.717) is 6.92 Å². The third kappa shape index (κ3) is 4.44. The lowest BCUT2D eigenvalue weighted by atomic mass is 10.3. The number of carbonyl (C=O) groups is 2. The average molecular weight is 259 g/mol. The highest BCUT2D eigenvalue weighted by Gasteiger charge is 2.34. The van der Waals surface area contributed by atoms with Crippen molar-refractivity contribution < 1.29 is 27.8 Å². The molecule has 0 aromatic carbocycles. The lowest BCUT2D eigenvalue weighted by molar-refractivity contribution is -0.170. The first-order chi connectivity index (χ1) is 8.41. The van der Waals surface area contributed by atoms with Crippen LogP contribution in [0.5, 0.6) is 0 Å². The van der Waals surface area contributed by atoms with Crippen molar-refractivity contribution >= 4 is 11.9 Å². The van der Waals surface area contributed by atoms with E-state index in [0.717, 1.165) is 0 Å². The van der Waals surface area contributed by atoms with Crippen LogP contribution < -0.4 is 0 Å². The molecule has 0 bridgehead atoms. The van der Waals surface area contributed by atoms with Gasteiger partial charge in [-0.3, -0.25) is 4.98 Å². The van der Waals surface area contributed by atoms with E-state index < -0.39 is 24.5 Å². The standard InChI is InChI=1S/C11H11F2NO4/c1-11(12,13)10(16)18-7-6-17-9(15)8-2-4-14-5-3-8/h2-5H,6-7H2,1H3. The Balaban J connectivity index is 2.27. The number of alkyl halides is 2. The fourth-order valence-corrected chi connectivity index (χ4v) is 0.967. The van der Waals surface area contributed by atoms with Crippen LogP contribution in [0.1, 0.15) is 17.3 Å². The summed E-state index contributed by atoms with van der Waals surface area (Å²) in [6.45, 7) is -0.277. The molecule has 0 aliphatic carbocycles. The van der Waals surface area contributed by atoms with Gasteiger partial charge in [-0.1, -0.05) is 0 Å². The molecule has 0 amide bonds. The monoisotopic (exact) mass is 259 g/mol. The largest absolute Gasteiger partial charge is 0.458 e. The minimum Gasteiger partial charge on any atom is -0.458 e. The molecule has 0 fully saturated rings. The fourth-order valence-electron chi connectivity index (χ4n) is 0.967. The van der Waals surface area contributed by atoms with E-state index in [9.17, 15) is 18.4 Å². The van der Waals surface area contributed by atoms with Crippen LogP contribution in [0.4, 0.5) is 8.78 Å². The summed E-state index contributed by atoms with van der Waals surface area (Å²) in [6.07, 6.45) is 2.82. The average Bonchev–Trinajstić information content (AvgIpc) is 2.34. The molecule has 5 nitrogen and oxygen atoms in total. The van der Waals surface area contributed by atoms with E-state index in [2.05, 4.69) is 9.72 Å². The number of pyridine rings is 1. The Morgan fingerprint density at radius 2 is 1.78 bits per heavy atom. The Morgan fingerprint density at radius 3 is 2.33 bits per heavy atom. The van der Waals surface area contributed by atoms with Crippen LogP contribution in [0.15, 0.2) is 24.5 Å². The van der Waals surface area contributed by atoms with Gasteiger partial charge in [-0.25, -0.2) is 9.59 Å². The predicted molar refractivity (Wildman–Crippen MR) is 56.1 cm³/mol. The molecular formula is C11H11F2NO4. The maximum absolute atomic E-state index is 12.4. The third-order valence-corrected chi connectivity index (χ3v) is 1.82. The van der Waals surface area contributed by atoms with Crippen LogP contribution >= 0.6 is 0 Å². The Bertz CT molecular complexity index is 417. The van der Waals surface area contributed by atoms with Gasteiger partial charge in [0.2, 0.25) is 0 Å². The second kappa shape index (κ2) is 6.04. The Kier molecular flexibility index (Phi) is 4.70. The Labute approximate surface area is 102 Å². The zero-order chi connectivity index (χ0) is 13.6. The summed E-state index contributed by atoms with van der Waals surface area (Å²) in [4.78, 5) is 25.7. The maximum atomic E-state index is 12.4. The first kappa shape index (κ1) is 14.0. The van der Waals surface area contributed by atoms with Gasteiger partial charge in [-0.05, 0) is 12.1 Å². The lowest BCUT2D eigenvalue weighted by Gasteiger charge is -2.10. The van der Waals surface area contributed by atoms with Crippen molar-refractivity contribution in [3.05, 3.63) is 30.1 Å². The molecule has 0 saturated heterocycles. The van der Waals surface area contributed by atoms with Gasteiger partial charge in [-0.15, -0.1) is 0 Å². The highest BCUT2D eigenvalue weighted by Crippen LogP contribution is 2.13.